The van der Waals surface area contributed by atoms with E-state index in [4.69, 9.17) is 10.9 Å². The molecule has 18 heavy (non-hydrogen) atoms. The number of oxime groups is 1. The van der Waals surface area contributed by atoms with Crippen molar-refractivity contribution in [2.24, 2.45) is 16.8 Å². The zero-order valence-electron chi connectivity index (χ0n) is 11.3. The fourth-order valence-electron chi connectivity index (χ4n) is 1.56. The molecular weight excluding hydrogens is 244 g/mol. The van der Waals surface area contributed by atoms with E-state index < -0.39 is 0 Å². The highest BCUT2D eigenvalue weighted by Crippen LogP contribution is 2.20. The van der Waals surface area contributed by atoms with Gasteiger partial charge in [-0.1, -0.05) is 37.6 Å². The van der Waals surface area contributed by atoms with Crippen LogP contribution in [0, 0.1) is 12.8 Å². The van der Waals surface area contributed by atoms with Crippen molar-refractivity contribution >= 4 is 17.6 Å². The molecule has 0 saturated carbocycles. The Bertz CT molecular complexity index is 418. The van der Waals surface area contributed by atoms with E-state index in [1.54, 1.807) is 0 Å². The lowest BCUT2D eigenvalue weighted by atomic mass is 10.1. The lowest BCUT2D eigenvalue weighted by molar-refractivity contribution is 0.318. The van der Waals surface area contributed by atoms with Crippen LogP contribution in [0.25, 0.3) is 0 Å². The van der Waals surface area contributed by atoms with Gasteiger partial charge in [0.15, 0.2) is 5.84 Å². The third-order valence-electron chi connectivity index (χ3n) is 3.10. The summed E-state index contributed by atoms with van der Waals surface area (Å²) in [6.07, 6.45) is 1.23. The molecule has 1 aromatic rings. The topological polar surface area (TPSA) is 58.6 Å². The number of rotatable bonds is 6. The summed E-state index contributed by atoms with van der Waals surface area (Å²) < 4.78 is 0. The Morgan fingerprint density at radius 3 is 2.78 bits per heavy atom. The molecule has 0 spiro atoms. The Labute approximate surface area is 113 Å². The molecule has 0 aromatic heterocycles. The minimum absolute atomic E-state index is 0.164. The van der Waals surface area contributed by atoms with E-state index in [1.807, 2.05) is 23.9 Å². The molecule has 0 aliphatic heterocycles. The molecule has 0 heterocycles. The van der Waals surface area contributed by atoms with Gasteiger partial charge in [0.05, 0.1) is 0 Å². The number of thioether (sulfide) groups is 1. The first-order chi connectivity index (χ1) is 8.58. The monoisotopic (exact) mass is 266 g/mol. The maximum absolute atomic E-state index is 8.64. The van der Waals surface area contributed by atoms with Crippen molar-refractivity contribution in [3.8, 4) is 0 Å². The number of amidine groups is 1. The van der Waals surface area contributed by atoms with Gasteiger partial charge in [-0.2, -0.15) is 11.8 Å². The number of nitrogens with two attached hydrogens (primary N) is 1. The molecule has 4 heteroatoms. The molecule has 3 nitrogen and oxygen atoms in total. The van der Waals surface area contributed by atoms with Gasteiger partial charge in [-0.15, -0.1) is 0 Å². The fraction of sp³-hybridized carbons (Fsp3) is 0.500. The molecule has 0 amide bonds. The molecule has 1 atom stereocenters. The van der Waals surface area contributed by atoms with E-state index in [0.717, 1.165) is 17.2 Å². The van der Waals surface area contributed by atoms with E-state index >= 15 is 0 Å². The average Bonchev–Trinajstić information content (AvgIpc) is 2.39. The van der Waals surface area contributed by atoms with Crippen molar-refractivity contribution in [1.29, 1.82) is 0 Å². The summed E-state index contributed by atoms with van der Waals surface area (Å²) in [5, 5.41) is 11.7. The van der Waals surface area contributed by atoms with Gasteiger partial charge in [0.2, 0.25) is 0 Å². The standard InChI is InChI=1S/C14H22N2OS/c1-4-10(2)8-18-9-13-6-5-12(7-11(13)3)14(15)16-17/h5-7,10,17H,4,8-9H2,1-3H3,(H2,15,16). The average molecular weight is 266 g/mol. The number of hydrogen-bond donors (Lipinski definition) is 2. The van der Waals surface area contributed by atoms with Crippen LogP contribution in [0.1, 0.15) is 37.0 Å². The Morgan fingerprint density at radius 2 is 2.22 bits per heavy atom. The van der Waals surface area contributed by atoms with Gasteiger partial charge in [-0.25, -0.2) is 0 Å². The molecule has 0 radical (unpaired) electrons. The van der Waals surface area contributed by atoms with Gasteiger partial charge in [0.1, 0.15) is 0 Å². The quantitative estimate of drug-likeness (QED) is 0.359. The summed E-state index contributed by atoms with van der Waals surface area (Å²) in [5.41, 5.74) is 8.84. The van der Waals surface area contributed by atoms with Gasteiger partial charge in [0.25, 0.3) is 0 Å². The van der Waals surface area contributed by atoms with Gasteiger partial charge in [-0.3, -0.25) is 0 Å². The van der Waals surface area contributed by atoms with Gasteiger partial charge < -0.3 is 10.9 Å². The molecule has 0 aliphatic rings. The second-order valence-corrected chi connectivity index (χ2v) is 5.69. The first-order valence-corrected chi connectivity index (χ1v) is 7.39. The summed E-state index contributed by atoms with van der Waals surface area (Å²) in [7, 11) is 0. The Kier molecular flexibility index (Phi) is 6.05. The van der Waals surface area contributed by atoms with Crippen molar-refractivity contribution in [3.05, 3.63) is 34.9 Å². The lowest BCUT2D eigenvalue weighted by Gasteiger charge is -2.10. The molecular formula is C14H22N2OS. The van der Waals surface area contributed by atoms with Crippen LogP contribution in [0.15, 0.2) is 23.4 Å². The van der Waals surface area contributed by atoms with Crippen molar-refractivity contribution in [2.75, 3.05) is 5.75 Å². The fourth-order valence-corrected chi connectivity index (χ4v) is 2.86. The van der Waals surface area contributed by atoms with Crippen LogP contribution in [-0.2, 0) is 5.75 Å². The van der Waals surface area contributed by atoms with Crippen LogP contribution in [0.3, 0.4) is 0 Å². The molecule has 0 fully saturated rings. The van der Waals surface area contributed by atoms with Gasteiger partial charge >= 0.3 is 0 Å². The predicted molar refractivity (Wildman–Crippen MR) is 79.3 cm³/mol. The third-order valence-corrected chi connectivity index (χ3v) is 4.42. The van der Waals surface area contributed by atoms with E-state index in [9.17, 15) is 0 Å². The van der Waals surface area contributed by atoms with Crippen LogP contribution in [0.4, 0.5) is 0 Å². The van der Waals surface area contributed by atoms with Crippen LogP contribution in [0.5, 0.6) is 0 Å². The smallest absolute Gasteiger partial charge is 0.170 e. The minimum Gasteiger partial charge on any atom is -0.409 e. The van der Waals surface area contributed by atoms with Crippen molar-refractivity contribution in [1.82, 2.24) is 0 Å². The Morgan fingerprint density at radius 1 is 1.50 bits per heavy atom. The Balaban J connectivity index is 2.63. The zero-order chi connectivity index (χ0) is 13.5. The molecule has 100 valence electrons. The lowest BCUT2D eigenvalue weighted by Crippen LogP contribution is -2.13. The van der Waals surface area contributed by atoms with Gasteiger partial charge in [0, 0.05) is 11.3 Å². The molecule has 1 unspecified atom stereocenters. The van der Waals surface area contributed by atoms with Crippen LogP contribution in [0.2, 0.25) is 0 Å². The van der Waals surface area contributed by atoms with Gasteiger partial charge in [-0.05, 0) is 35.8 Å². The number of nitrogens with zero attached hydrogens (tertiary/aromatic N) is 1. The van der Waals surface area contributed by atoms with Crippen molar-refractivity contribution < 1.29 is 5.21 Å². The maximum Gasteiger partial charge on any atom is 0.170 e. The van der Waals surface area contributed by atoms with Crippen molar-refractivity contribution in [3.63, 3.8) is 0 Å². The number of benzene rings is 1. The minimum atomic E-state index is 0.164. The first-order valence-electron chi connectivity index (χ1n) is 6.23. The zero-order valence-corrected chi connectivity index (χ0v) is 12.1. The van der Waals surface area contributed by atoms with E-state index in [0.29, 0.717) is 0 Å². The molecule has 0 aliphatic carbocycles. The molecule has 0 bridgehead atoms. The van der Waals surface area contributed by atoms with E-state index in [2.05, 4.69) is 32.0 Å². The third kappa shape index (κ3) is 4.26. The highest BCUT2D eigenvalue weighted by atomic mass is 32.2. The van der Waals surface area contributed by atoms with Crippen LogP contribution >= 0.6 is 11.8 Å². The van der Waals surface area contributed by atoms with E-state index in [-0.39, 0.29) is 5.84 Å². The predicted octanol–water partition coefficient (Wildman–Crippen LogP) is 3.37. The maximum atomic E-state index is 8.64. The Hall–Kier alpha value is -1.16. The summed E-state index contributed by atoms with van der Waals surface area (Å²) in [6.45, 7) is 6.57. The highest BCUT2D eigenvalue weighted by molar-refractivity contribution is 7.98. The highest BCUT2D eigenvalue weighted by Gasteiger charge is 2.05. The molecule has 1 rings (SSSR count). The number of hydrogen-bond acceptors (Lipinski definition) is 3. The largest absolute Gasteiger partial charge is 0.409 e. The summed E-state index contributed by atoms with van der Waals surface area (Å²) in [6, 6.07) is 5.93. The summed E-state index contributed by atoms with van der Waals surface area (Å²) >= 11 is 1.96. The molecule has 1 aromatic carbocycles. The van der Waals surface area contributed by atoms with Crippen molar-refractivity contribution in [2.45, 2.75) is 32.9 Å². The summed E-state index contributed by atoms with van der Waals surface area (Å²) in [4.78, 5) is 0. The second-order valence-electron chi connectivity index (χ2n) is 4.66. The number of aryl methyl sites for hydroxylation is 1. The molecule has 0 saturated heterocycles. The molecule has 3 N–H and O–H groups in total. The van der Waals surface area contributed by atoms with Crippen LogP contribution in [-0.4, -0.2) is 16.8 Å². The normalized spacial score (nSPS) is 13.6. The second kappa shape index (κ2) is 7.31. The van der Waals surface area contributed by atoms with Crippen LogP contribution < -0.4 is 5.73 Å². The SMILES string of the molecule is CCC(C)CSCc1ccc(/C(N)=N/O)cc1C. The first kappa shape index (κ1) is 14.9. The van der Waals surface area contributed by atoms with E-state index in [1.165, 1.54) is 23.3 Å². The summed E-state index contributed by atoms with van der Waals surface area (Å²) in [5.74, 6) is 3.15.